The maximum absolute atomic E-state index is 6.26. The van der Waals surface area contributed by atoms with Crippen LogP contribution >= 0.6 is 11.6 Å². The third-order valence-electron chi connectivity index (χ3n) is 5.66. The van der Waals surface area contributed by atoms with Crippen LogP contribution < -0.4 is 10.1 Å². The van der Waals surface area contributed by atoms with E-state index in [0.717, 1.165) is 52.8 Å². The highest BCUT2D eigenvalue weighted by Gasteiger charge is 2.15. The third-order valence-corrected chi connectivity index (χ3v) is 5.90. The van der Waals surface area contributed by atoms with E-state index >= 15 is 0 Å². The number of nitrogens with zero attached hydrogens (tertiary/aromatic N) is 2. The molecule has 0 saturated heterocycles. The van der Waals surface area contributed by atoms with Gasteiger partial charge >= 0.3 is 0 Å². The second-order valence-corrected chi connectivity index (χ2v) is 8.55. The Morgan fingerprint density at radius 3 is 2.52 bits per heavy atom. The normalized spacial score (nSPS) is 12.4. The molecule has 1 N–H and O–H groups in total. The molecular formula is C26H28ClN3O. The van der Waals surface area contributed by atoms with Crippen LogP contribution in [0.5, 0.6) is 5.75 Å². The molecule has 1 aromatic heterocycles. The lowest BCUT2D eigenvalue weighted by Crippen LogP contribution is -2.20. The molecule has 3 aromatic carbocycles. The van der Waals surface area contributed by atoms with Crippen LogP contribution in [0.25, 0.3) is 21.8 Å². The summed E-state index contributed by atoms with van der Waals surface area (Å²) in [7, 11) is 5.93. The summed E-state index contributed by atoms with van der Waals surface area (Å²) >= 11 is 6.26. The Morgan fingerprint density at radius 2 is 1.77 bits per heavy atom. The van der Waals surface area contributed by atoms with Gasteiger partial charge in [0.2, 0.25) is 0 Å². The van der Waals surface area contributed by atoms with Gasteiger partial charge in [0.1, 0.15) is 5.75 Å². The zero-order valence-corrected chi connectivity index (χ0v) is 19.0. The van der Waals surface area contributed by atoms with Crippen LogP contribution in [0.15, 0.2) is 66.7 Å². The highest BCUT2D eigenvalue weighted by Crippen LogP contribution is 2.35. The topological polar surface area (TPSA) is 37.4 Å². The van der Waals surface area contributed by atoms with Crippen molar-refractivity contribution in [2.45, 2.75) is 12.3 Å². The van der Waals surface area contributed by atoms with Gasteiger partial charge in [-0.05, 0) is 69.0 Å². The van der Waals surface area contributed by atoms with Crippen molar-refractivity contribution >= 4 is 39.1 Å². The molecule has 1 heterocycles. The molecule has 4 rings (SSSR count). The first-order chi connectivity index (χ1) is 15.0. The molecule has 0 aliphatic rings. The van der Waals surface area contributed by atoms with Gasteiger partial charge in [-0.25, -0.2) is 4.98 Å². The van der Waals surface area contributed by atoms with E-state index in [4.69, 9.17) is 21.3 Å². The number of fused-ring (bicyclic) bond motifs is 2. The van der Waals surface area contributed by atoms with Crippen LogP contribution in [0.2, 0.25) is 5.02 Å². The van der Waals surface area contributed by atoms with Gasteiger partial charge in [0.15, 0.2) is 0 Å². The average Bonchev–Trinajstić information content (AvgIpc) is 2.78. The highest BCUT2D eigenvalue weighted by atomic mass is 35.5. The predicted octanol–water partition coefficient (Wildman–Crippen LogP) is 6.20. The molecule has 0 unspecified atom stereocenters. The summed E-state index contributed by atoms with van der Waals surface area (Å²) in [4.78, 5) is 7.07. The van der Waals surface area contributed by atoms with E-state index in [1.807, 2.05) is 30.3 Å². The summed E-state index contributed by atoms with van der Waals surface area (Å²) in [6, 6.07) is 22.6. The Bertz CT molecular complexity index is 1180. The summed E-state index contributed by atoms with van der Waals surface area (Å²) < 4.78 is 5.49. The first-order valence-electron chi connectivity index (χ1n) is 10.6. The van der Waals surface area contributed by atoms with Crippen molar-refractivity contribution in [3.05, 3.63) is 77.3 Å². The summed E-state index contributed by atoms with van der Waals surface area (Å²) in [6.45, 7) is 1.86. The number of rotatable bonds is 8. The monoisotopic (exact) mass is 433 g/mol. The van der Waals surface area contributed by atoms with Crippen molar-refractivity contribution in [1.82, 2.24) is 9.88 Å². The van der Waals surface area contributed by atoms with Crippen LogP contribution in [-0.2, 0) is 0 Å². The Hall–Kier alpha value is -2.82. The smallest absolute Gasteiger partial charge is 0.119 e. The van der Waals surface area contributed by atoms with Crippen LogP contribution in [0.3, 0.4) is 0 Å². The number of anilines is 1. The van der Waals surface area contributed by atoms with Crippen LogP contribution in [0.4, 0.5) is 5.69 Å². The second kappa shape index (κ2) is 9.54. The Morgan fingerprint density at radius 1 is 0.968 bits per heavy atom. The van der Waals surface area contributed by atoms with E-state index in [1.165, 1.54) is 5.56 Å². The number of halogens is 1. The molecule has 5 heteroatoms. The average molecular weight is 434 g/mol. The number of hydrogen-bond donors (Lipinski definition) is 1. The first-order valence-corrected chi connectivity index (χ1v) is 10.9. The largest absolute Gasteiger partial charge is 0.497 e. The fraction of sp³-hybridized carbons (Fsp3) is 0.269. The molecule has 31 heavy (non-hydrogen) atoms. The lowest BCUT2D eigenvalue weighted by molar-refractivity contribution is 0.383. The van der Waals surface area contributed by atoms with Gasteiger partial charge < -0.3 is 15.0 Å². The van der Waals surface area contributed by atoms with Gasteiger partial charge in [-0.3, -0.25) is 0 Å². The molecular weight excluding hydrogens is 406 g/mol. The molecule has 4 nitrogen and oxygen atoms in total. The predicted molar refractivity (Wildman–Crippen MR) is 132 cm³/mol. The standard InChI is InChI=1S/C26H28ClN3O/c1-30(2)14-13-19(18-7-5-4-6-8-18)17-28-26-22-11-9-20(27)15-25(22)29-24-12-10-21(31-3)16-23(24)26/h4-12,15-16,19H,13-14,17H2,1-3H3,(H,28,29)/t19-/m0/s1. The van der Waals surface area contributed by atoms with Crippen LogP contribution in [0, 0.1) is 0 Å². The van der Waals surface area contributed by atoms with Crippen molar-refractivity contribution in [2.75, 3.05) is 39.6 Å². The number of methoxy groups -OCH3 is 1. The fourth-order valence-corrected chi connectivity index (χ4v) is 4.13. The molecule has 0 amide bonds. The number of aromatic nitrogens is 1. The molecule has 160 valence electrons. The minimum atomic E-state index is 0.389. The Kier molecular flexibility index (Phi) is 6.59. The van der Waals surface area contributed by atoms with E-state index in [1.54, 1.807) is 7.11 Å². The van der Waals surface area contributed by atoms with Crippen molar-refractivity contribution in [1.29, 1.82) is 0 Å². The lowest BCUT2D eigenvalue weighted by atomic mass is 9.95. The number of ether oxygens (including phenoxy) is 1. The maximum atomic E-state index is 6.26. The fourth-order valence-electron chi connectivity index (χ4n) is 3.96. The Balaban J connectivity index is 1.75. The zero-order valence-electron chi connectivity index (χ0n) is 18.2. The molecule has 0 spiro atoms. The minimum Gasteiger partial charge on any atom is -0.497 e. The third kappa shape index (κ3) is 4.92. The molecule has 0 aliphatic heterocycles. The van der Waals surface area contributed by atoms with E-state index < -0.39 is 0 Å². The van der Waals surface area contributed by atoms with Gasteiger partial charge in [-0.1, -0.05) is 41.9 Å². The van der Waals surface area contributed by atoms with E-state index in [9.17, 15) is 0 Å². The SMILES string of the molecule is COc1ccc2nc3cc(Cl)ccc3c(NC[C@H](CCN(C)C)c3ccccc3)c2c1. The molecule has 0 aliphatic carbocycles. The lowest BCUT2D eigenvalue weighted by Gasteiger charge is -2.22. The van der Waals surface area contributed by atoms with Gasteiger partial charge in [0.25, 0.3) is 0 Å². The van der Waals surface area contributed by atoms with E-state index in [0.29, 0.717) is 10.9 Å². The number of hydrogen-bond acceptors (Lipinski definition) is 4. The molecule has 0 bridgehead atoms. The van der Waals surface area contributed by atoms with Gasteiger partial charge in [0, 0.05) is 28.3 Å². The van der Waals surface area contributed by atoms with Crippen LogP contribution in [-0.4, -0.2) is 44.2 Å². The summed E-state index contributed by atoms with van der Waals surface area (Å²) in [6.07, 6.45) is 1.07. The molecule has 0 radical (unpaired) electrons. The summed E-state index contributed by atoms with van der Waals surface area (Å²) in [5, 5.41) is 6.56. The molecule has 0 saturated carbocycles. The molecule has 4 aromatic rings. The highest BCUT2D eigenvalue weighted by molar-refractivity contribution is 6.31. The van der Waals surface area contributed by atoms with Crippen molar-refractivity contribution in [3.63, 3.8) is 0 Å². The number of pyridine rings is 1. The van der Waals surface area contributed by atoms with Crippen molar-refractivity contribution in [3.8, 4) is 5.75 Å². The Labute approximate surface area is 188 Å². The maximum Gasteiger partial charge on any atom is 0.119 e. The number of benzene rings is 3. The quantitative estimate of drug-likeness (QED) is 0.336. The summed E-state index contributed by atoms with van der Waals surface area (Å²) in [5.41, 5.74) is 4.22. The van der Waals surface area contributed by atoms with Crippen molar-refractivity contribution < 1.29 is 4.74 Å². The van der Waals surface area contributed by atoms with E-state index in [-0.39, 0.29) is 0 Å². The molecule has 1 atom stereocenters. The summed E-state index contributed by atoms with van der Waals surface area (Å²) in [5.74, 6) is 1.21. The first kappa shape index (κ1) is 21.4. The zero-order chi connectivity index (χ0) is 21.8. The molecule has 0 fully saturated rings. The van der Waals surface area contributed by atoms with Crippen LogP contribution in [0.1, 0.15) is 17.9 Å². The van der Waals surface area contributed by atoms with Gasteiger partial charge in [0.05, 0.1) is 23.8 Å². The van der Waals surface area contributed by atoms with Gasteiger partial charge in [-0.2, -0.15) is 0 Å². The second-order valence-electron chi connectivity index (χ2n) is 8.11. The van der Waals surface area contributed by atoms with E-state index in [2.05, 4.69) is 60.7 Å². The van der Waals surface area contributed by atoms with Crippen molar-refractivity contribution in [2.24, 2.45) is 0 Å². The minimum absolute atomic E-state index is 0.389. The van der Waals surface area contributed by atoms with Gasteiger partial charge in [-0.15, -0.1) is 0 Å². The number of nitrogens with one attached hydrogen (secondary N) is 1.